The smallest absolute Gasteiger partial charge is 0.0719 e. The molecule has 1 aromatic heterocycles. The van der Waals surface area contributed by atoms with Crippen LogP contribution in [0.25, 0.3) is 11.3 Å². The molecule has 132 valence electrons. The maximum Gasteiger partial charge on any atom is 0.0719 e. The fourth-order valence-electron chi connectivity index (χ4n) is 3.73. The molecule has 1 aliphatic rings. The summed E-state index contributed by atoms with van der Waals surface area (Å²) in [7, 11) is 2.21. The quantitative estimate of drug-likeness (QED) is 0.570. The van der Waals surface area contributed by atoms with Gasteiger partial charge in [-0.3, -0.25) is 4.98 Å². The fraction of sp³-hybridized carbons (Fsp3) is 0.261. The minimum Gasteiger partial charge on any atom is -0.301 e. The molecule has 0 unspecified atom stereocenters. The molecule has 4 rings (SSSR count). The molecule has 1 heterocycles. The summed E-state index contributed by atoms with van der Waals surface area (Å²) in [5.74, 6) is 0. The van der Waals surface area contributed by atoms with Gasteiger partial charge in [-0.1, -0.05) is 60.1 Å². The lowest BCUT2D eigenvalue weighted by Gasteiger charge is -2.24. The van der Waals surface area contributed by atoms with Crippen molar-refractivity contribution in [2.75, 3.05) is 13.6 Å². The van der Waals surface area contributed by atoms with Crippen LogP contribution in [0.4, 0.5) is 0 Å². The van der Waals surface area contributed by atoms with E-state index < -0.39 is 0 Å². The van der Waals surface area contributed by atoms with E-state index in [0.717, 1.165) is 29.4 Å². The molecule has 2 aromatic carbocycles. The van der Waals surface area contributed by atoms with Gasteiger partial charge in [-0.2, -0.15) is 0 Å². The molecule has 3 aromatic rings. The van der Waals surface area contributed by atoms with Crippen molar-refractivity contribution in [3.05, 3.63) is 89.1 Å². The van der Waals surface area contributed by atoms with E-state index in [1.54, 1.807) is 0 Å². The van der Waals surface area contributed by atoms with E-state index in [1.165, 1.54) is 24.0 Å². The highest BCUT2D eigenvalue weighted by Crippen LogP contribution is 2.49. The number of hydrogen-bond donors (Lipinski definition) is 0. The summed E-state index contributed by atoms with van der Waals surface area (Å²) < 4.78 is 0. The van der Waals surface area contributed by atoms with Crippen molar-refractivity contribution in [1.29, 1.82) is 0 Å². The molecule has 0 amide bonds. The van der Waals surface area contributed by atoms with Crippen LogP contribution in [0.15, 0.2) is 72.9 Å². The van der Waals surface area contributed by atoms with Crippen molar-refractivity contribution in [2.45, 2.75) is 24.8 Å². The van der Waals surface area contributed by atoms with Crippen LogP contribution >= 0.6 is 11.6 Å². The molecule has 0 radical (unpaired) electrons. The van der Waals surface area contributed by atoms with Crippen molar-refractivity contribution in [1.82, 2.24) is 9.88 Å². The largest absolute Gasteiger partial charge is 0.301 e. The lowest BCUT2D eigenvalue weighted by atomic mass is 9.94. The van der Waals surface area contributed by atoms with Crippen molar-refractivity contribution < 1.29 is 0 Å². The van der Waals surface area contributed by atoms with Gasteiger partial charge < -0.3 is 4.90 Å². The summed E-state index contributed by atoms with van der Waals surface area (Å²) in [6.07, 6.45) is 4.39. The third kappa shape index (κ3) is 3.67. The summed E-state index contributed by atoms with van der Waals surface area (Å²) in [6, 6.07) is 23.0. The monoisotopic (exact) mass is 362 g/mol. The SMILES string of the molecule is CN(Cc1ccccc1)CC1(c2ccnc(-c3ccccc3Cl)c2)CC1. The summed E-state index contributed by atoms with van der Waals surface area (Å²) in [5, 5.41) is 0.753. The number of rotatable bonds is 6. The van der Waals surface area contributed by atoms with Crippen molar-refractivity contribution in [3.63, 3.8) is 0 Å². The fourth-order valence-corrected chi connectivity index (χ4v) is 3.97. The van der Waals surface area contributed by atoms with E-state index in [9.17, 15) is 0 Å². The highest BCUT2D eigenvalue weighted by Gasteiger charge is 2.45. The lowest BCUT2D eigenvalue weighted by Crippen LogP contribution is -2.29. The highest BCUT2D eigenvalue weighted by molar-refractivity contribution is 6.33. The molecule has 0 spiro atoms. The Morgan fingerprint density at radius 1 is 1.00 bits per heavy atom. The first kappa shape index (κ1) is 17.3. The second kappa shape index (κ2) is 7.22. The Hall–Kier alpha value is -2.16. The summed E-state index contributed by atoms with van der Waals surface area (Å²) in [4.78, 5) is 6.99. The maximum absolute atomic E-state index is 6.37. The number of pyridine rings is 1. The standard InChI is InChI=1S/C23H23ClN2/c1-26(16-18-7-3-2-4-8-18)17-23(12-13-23)19-11-14-25-22(15-19)20-9-5-6-10-21(20)24/h2-11,14-15H,12-13,16-17H2,1H3. The Bertz CT molecular complexity index is 887. The molecule has 0 bridgehead atoms. The van der Waals surface area contributed by atoms with E-state index in [0.29, 0.717) is 0 Å². The van der Waals surface area contributed by atoms with Gasteiger partial charge in [-0.25, -0.2) is 0 Å². The van der Waals surface area contributed by atoms with Crippen LogP contribution in [0.2, 0.25) is 5.02 Å². The normalized spacial score (nSPS) is 15.2. The number of hydrogen-bond acceptors (Lipinski definition) is 2. The van der Waals surface area contributed by atoms with Gasteiger partial charge in [-0.05, 0) is 49.2 Å². The Morgan fingerprint density at radius 2 is 1.73 bits per heavy atom. The number of nitrogens with zero attached hydrogens (tertiary/aromatic N) is 2. The molecule has 1 saturated carbocycles. The third-order valence-corrected chi connectivity index (χ3v) is 5.57. The molecule has 2 nitrogen and oxygen atoms in total. The van der Waals surface area contributed by atoms with Gasteiger partial charge in [0, 0.05) is 35.3 Å². The van der Waals surface area contributed by atoms with Gasteiger partial charge >= 0.3 is 0 Å². The predicted octanol–water partition coefficient (Wildman–Crippen LogP) is 5.57. The molecule has 1 aliphatic carbocycles. The molecule has 0 N–H and O–H groups in total. The summed E-state index contributed by atoms with van der Waals surface area (Å²) in [6.45, 7) is 2.04. The number of benzene rings is 2. The number of aromatic nitrogens is 1. The molecule has 26 heavy (non-hydrogen) atoms. The molecule has 0 atom stereocenters. The summed E-state index contributed by atoms with van der Waals surface area (Å²) in [5.41, 5.74) is 4.96. The van der Waals surface area contributed by atoms with Gasteiger partial charge in [0.05, 0.1) is 5.69 Å². The number of likely N-dealkylation sites (N-methyl/N-ethyl adjacent to an activating group) is 1. The first-order valence-electron chi connectivity index (χ1n) is 9.10. The van der Waals surface area contributed by atoms with Crippen LogP contribution < -0.4 is 0 Å². The second-order valence-corrected chi connectivity index (χ2v) is 7.76. The average molecular weight is 363 g/mol. The number of halogens is 1. The zero-order valence-corrected chi connectivity index (χ0v) is 15.8. The van der Waals surface area contributed by atoms with E-state index in [1.807, 2.05) is 30.5 Å². The highest BCUT2D eigenvalue weighted by atomic mass is 35.5. The predicted molar refractivity (Wildman–Crippen MR) is 108 cm³/mol. The van der Waals surface area contributed by atoms with Crippen LogP contribution in [-0.2, 0) is 12.0 Å². The van der Waals surface area contributed by atoms with Crippen LogP contribution in [0.5, 0.6) is 0 Å². The minimum atomic E-state index is 0.252. The van der Waals surface area contributed by atoms with Gasteiger partial charge in [0.1, 0.15) is 0 Å². The van der Waals surface area contributed by atoms with Crippen LogP contribution in [0.1, 0.15) is 24.0 Å². The molecule has 0 saturated heterocycles. The minimum absolute atomic E-state index is 0.252. The summed E-state index contributed by atoms with van der Waals surface area (Å²) >= 11 is 6.37. The zero-order valence-electron chi connectivity index (χ0n) is 15.0. The Morgan fingerprint density at radius 3 is 2.46 bits per heavy atom. The Balaban J connectivity index is 1.53. The third-order valence-electron chi connectivity index (χ3n) is 5.24. The van der Waals surface area contributed by atoms with Gasteiger partial charge in [0.25, 0.3) is 0 Å². The second-order valence-electron chi connectivity index (χ2n) is 7.35. The van der Waals surface area contributed by atoms with E-state index in [2.05, 4.69) is 59.4 Å². The van der Waals surface area contributed by atoms with E-state index >= 15 is 0 Å². The van der Waals surface area contributed by atoms with Crippen LogP contribution in [0, 0.1) is 0 Å². The molecule has 3 heteroatoms. The molecule has 0 aliphatic heterocycles. The topological polar surface area (TPSA) is 16.1 Å². The first-order valence-corrected chi connectivity index (χ1v) is 9.48. The maximum atomic E-state index is 6.37. The Kier molecular flexibility index (Phi) is 4.80. The van der Waals surface area contributed by atoms with Gasteiger partial charge in [0.2, 0.25) is 0 Å². The first-order chi connectivity index (χ1) is 12.7. The van der Waals surface area contributed by atoms with Crippen LogP contribution in [0.3, 0.4) is 0 Å². The molecular formula is C23H23ClN2. The lowest BCUT2D eigenvalue weighted by molar-refractivity contribution is 0.294. The average Bonchev–Trinajstić information content (AvgIpc) is 3.43. The molecule has 1 fully saturated rings. The zero-order chi connectivity index (χ0) is 18.0. The Labute approximate surface area is 160 Å². The van der Waals surface area contributed by atoms with E-state index in [4.69, 9.17) is 11.6 Å². The van der Waals surface area contributed by atoms with Gasteiger partial charge in [-0.15, -0.1) is 0 Å². The van der Waals surface area contributed by atoms with Crippen LogP contribution in [-0.4, -0.2) is 23.5 Å². The van der Waals surface area contributed by atoms with Crippen molar-refractivity contribution >= 4 is 11.6 Å². The van der Waals surface area contributed by atoms with E-state index in [-0.39, 0.29) is 5.41 Å². The van der Waals surface area contributed by atoms with Crippen molar-refractivity contribution in [2.24, 2.45) is 0 Å². The van der Waals surface area contributed by atoms with Crippen molar-refractivity contribution in [3.8, 4) is 11.3 Å². The van der Waals surface area contributed by atoms with Gasteiger partial charge in [0.15, 0.2) is 0 Å². The molecular weight excluding hydrogens is 340 g/mol.